The van der Waals surface area contributed by atoms with Crippen molar-refractivity contribution in [3.63, 3.8) is 0 Å². The Morgan fingerprint density at radius 3 is 2.56 bits per heavy atom. The van der Waals surface area contributed by atoms with Crippen LogP contribution in [0.15, 0.2) is 16.6 Å². The third-order valence-electron chi connectivity index (χ3n) is 2.37. The van der Waals surface area contributed by atoms with E-state index in [1.54, 1.807) is 0 Å². The van der Waals surface area contributed by atoms with Crippen LogP contribution in [0.25, 0.3) is 0 Å². The number of nitrogens with two attached hydrogens (primary N) is 1. The number of ether oxygens (including phenoxy) is 1. The van der Waals surface area contributed by atoms with E-state index in [2.05, 4.69) is 15.9 Å². The third kappa shape index (κ3) is 3.06. The highest BCUT2D eigenvalue weighted by Gasteiger charge is 2.39. The van der Waals surface area contributed by atoms with Gasteiger partial charge in [-0.2, -0.15) is 4.39 Å². The summed E-state index contributed by atoms with van der Waals surface area (Å²) in [6, 6.07) is 2.45. The monoisotopic (exact) mass is 313 g/mol. The smallest absolute Gasteiger partial charge is 0.200 e. The Kier molecular flexibility index (Phi) is 4.15. The Morgan fingerprint density at radius 2 is 2.00 bits per heavy atom. The first-order valence-electron chi connectivity index (χ1n) is 4.56. The van der Waals surface area contributed by atoms with Crippen molar-refractivity contribution in [3.8, 4) is 5.75 Å². The minimum Gasteiger partial charge on any atom is -0.488 e. The van der Waals surface area contributed by atoms with Crippen molar-refractivity contribution in [1.29, 1.82) is 0 Å². The Bertz CT molecular complexity index is 399. The predicted molar refractivity (Wildman–Crippen MR) is 63.0 cm³/mol. The highest BCUT2D eigenvalue weighted by molar-refractivity contribution is 9.10. The van der Waals surface area contributed by atoms with E-state index in [9.17, 15) is 8.78 Å². The van der Waals surface area contributed by atoms with E-state index >= 15 is 0 Å². The van der Waals surface area contributed by atoms with Crippen LogP contribution >= 0.6 is 28.3 Å². The molecule has 0 spiro atoms. The van der Waals surface area contributed by atoms with Crippen LogP contribution in [0.1, 0.15) is 12.8 Å². The topological polar surface area (TPSA) is 35.2 Å². The van der Waals surface area contributed by atoms with Crippen molar-refractivity contribution in [3.05, 3.63) is 28.2 Å². The zero-order valence-electron chi connectivity index (χ0n) is 8.30. The van der Waals surface area contributed by atoms with E-state index in [0.717, 1.165) is 18.9 Å². The van der Waals surface area contributed by atoms with Gasteiger partial charge in [-0.3, -0.25) is 0 Å². The van der Waals surface area contributed by atoms with Gasteiger partial charge in [0.15, 0.2) is 11.6 Å². The summed E-state index contributed by atoms with van der Waals surface area (Å²) in [4.78, 5) is 0. The van der Waals surface area contributed by atoms with Crippen LogP contribution in [0.4, 0.5) is 8.78 Å². The van der Waals surface area contributed by atoms with Crippen molar-refractivity contribution in [2.75, 3.05) is 6.61 Å². The quantitative estimate of drug-likeness (QED) is 0.871. The Hall–Kier alpha value is -0.390. The molecule has 2 rings (SSSR count). The second-order valence-corrected chi connectivity index (χ2v) is 4.77. The summed E-state index contributed by atoms with van der Waals surface area (Å²) in [5.41, 5.74) is 5.43. The van der Waals surface area contributed by atoms with Gasteiger partial charge in [-0.05, 0) is 25.0 Å². The summed E-state index contributed by atoms with van der Waals surface area (Å²) >= 11 is 3.07. The standard InChI is InChI=1S/C10H10BrF2NO.ClH/c11-6-3-7(12)9(13)8(4-6)15-5-10(14)1-2-10;/h3-4H,1-2,5,14H2;1H. The first-order valence-corrected chi connectivity index (χ1v) is 5.36. The molecule has 6 heteroatoms. The zero-order chi connectivity index (χ0) is 11.1. The number of benzene rings is 1. The molecule has 90 valence electrons. The highest BCUT2D eigenvalue weighted by Crippen LogP contribution is 2.34. The molecule has 0 heterocycles. The van der Waals surface area contributed by atoms with E-state index in [1.165, 1.54) is 6.07 Å². The summed E-state index contributed by atoms with van der Waals surface area (Å²) in [6.07, 6.45) is 1.73. The summed E-state index contributed by atoms with van der Waals surface area (Å²) in [5, 5.41) is 0. The molecule has 0 amide bonds. The lowest BCUT2D eigenvalue weighted by Crippen LogP contribution is -2.30. The average molecular weight is 315 g/mol. The summed E-state index contributed by atoms with van der Waals surface area (Å²) < 4.78 is 31.8. The average Bonchev–Trinajstić information content (AvgIpc) is 2.88. The van der Waals surface area contributed by atoms with Crippen molar-refractivity contribution < 1.29 is 13.5 Å². The molecule has 1 aliphatic carbocycles. The lowest BCUT2D eigenvalue weighted by Gasteiger charge is -2.12. The predicted octanol–water partition coefficient (Wildman–Crippen LogP) is 3.02. The molecule has 1 aromatic rings. The van der Waals surface area contributed by atoms with E-state index in [-0.39, 0.29) is 30.3 Å². The van der Waals surface area contributed by atoms with Crippen molar-refractivity contribution in [2.45, 2.75) is 18.4 Å². The number of hydrogen-bond donors (Lipinski definition) is 1. The van der Waals surface area contributed by atoms with E-state index in [4.69, 9.17) is 10.5 Å². The first-order chi connectivity index (χ1) is 7.00. The Labute approximate surface area is 107 Å². The molecule has 0 aliphatic heterocycles. The molecule has 1 aliphatic rings. The minimum absolute atomic E-state index is 0. The molecule has 0 bridgehead atoms. The second kappa shape index (κ2) is 4.85. The molecule has 0 aromatic heterocycles. The van der Waals surface area contributed by atoms with Crippen molar-refractivity contribution >= 4 is 28.3 Å². The fourth-order valence-electron chi connectivity index (χ4n) is 1.16. The van der Waals surface area contributed by atoms with Gasteiger partial charge < -0.3 is 10.5 Å². The number of halogens is 4. The van der Waals surface area contributed by atoms with E-state index in [0.29, 0.717) is 4.47 Å². The van der Waals surface area contributed by atoms with E-state index < -0.39 is 11.6 Å². The normalized spacial score (nSPS) is 16.5. The van der Waals surface area contributed by atoms with Crippen LogP contribution in [0.3, 0.4) is 0 Å². The Morgan fingerprint density at radius 1 is 1.38 bits per heavy atom. The molecule has 0 radical (unpaired) electrons. The molecule has 0 unspecified atom stereocenters. The molecule has 16 heavy (non-hydrogen) atoms. The fraction of sp³-hybridized carbons (Fsp3) is 0.400. The molecule has 1 fully saturated rings. The van der Waals surface area contributed by atoms with Gasteiger partial charge in [0.25, 0.3) is 0 Å². The third-order valence-corrected chi connectivity index (χ3v) is 2.82. The highest BCUT2D eigenvalue weighted by atomic mass is 79.9. The van der Waals surface area contributed by atoms with Gasteiger partial charge in [0.2, 0.25) is 5.82 Å². The van der Waals surface area contributed by atoms with Crippen LogP contribution in [-0.4, -0.2) is 12.1 Å². The van der Waals surface area contributed by atoms with Gasteiger partial charge in [-0.25, -0.2) is 4.39 Å². The molecule has 1 saturated carbocycles. The lowest BCUT2D eigenvalue weighted by molar-refractivity contribution is 0.263. The SMILES string of the molecule is Cl.NC1(COc2cc(Br)cc(F)c2F)CC1. The Balaban J connectivity index is 0.00000128. The maximum atomic E-state index is 13.2. The first kappa shape index (κ1) is 13.7. The van der Waals surface area contributed by atoms with Crippen LogP contribution in [-0.2, 0) is 0 Å². The zero-order valence-corrected chi connectivity index (χ0v) is 10.7. The summed E-state index contributed by atoms with van der Waals surface area (Å²) in [7, 11) is 0. The molecule has 2 nitrogen and oxygen atoms in total. The summed E-state index contributed by atoms with van der Waals surface area (Å²) in [5.74, 6) is -2.00. The molecule has 0 saturated heterocycles. The molecular formula is C10H11BrClF2NO. The van der Waals surface area contributed by atoms with Crippen LogP contribution in [0.5, 0.6) is 5.75 Å². The van der Waals surface area contributed by atoms with Gasteiger partial charge >= 0.3 is 0 Å². The van der Waals surface area contributed by atoms with Crippen molar-refractivity contribution in [2.24, 2.45) is 5.73 Å². The van der Waals surface area contributed by atoms with E-state index in [1.807, 2.05) is 0 Å². The van der Waals surface area contributed by atoms with Gasteiger partial charge in [-0.1, -0.05) is 15.9 Å². The van der Waals surface area contributed by atoms with Crippen LogP contribution < -0.4 is 10.5 Å². The number of hydrogen-bond acceptors (Lipinski definition) is 2. The molecule has 1 aromatic carbocycles. The van der Waals surface area contributed by atoms with Crippen LogP contribution in [0, 0.1) is 11.6 Å². The minimum atomic E-state index is -0.970. The summed E-state index contributed by atoms with van der Waals surface area (Å²) in [6.45, 7) is 0.222. The maximum Gasteiger partial charge on any atom is 0.200 e. The van der Waals surface area contributed by atoms with Crippen molar-refractivity contribution in [1.82, 2.24) is 0 Å². The molecule has 0 atom stereocenters. The lowest BCUT2D eigenvalue weighted by atomic mass is 10.3. The maximum absolute atomic E-state index is 13.2. The molecular weight excluding hydrogens is 303 g/mol. The number of rotatable bonds is 3. The largest absolute Gasteiger partial charge is 0.488 e. The molecule has 2 N–H and O–H groups in total. The van der Waals surface area contributed by atoms with Crippen LogP contribution in [0.2, 0.25) is 0 Å². The second-order valence-electron chi connectivity index (χ2n) is 3.85. The van der Waals surface area contributed by atoms with Gasteiger partial charge in [-0.15, -0.1) is 12.4 Å². The van der Waals surface area contributed by atoms with Gasteiger partial charge in [0.1, 0.15) is 6.61 Å². The van der Waals surface area contributed by atoms with Gasteiger partial charge in [0, 0.05) is 4.47 Å². The fourth-order valence-corrected chi connectivity index (χ4v) is 1.57. The van der Waals surface area contributed by atoms with Gasteiger partial charge in [0.05, 0.1) is 5.54 Å².